The minimum atomic E-state index is -0.493. The van der Waals surface area contributed by atoms with E-state index in [0.717, 1.165) is 5.56 Å². The van der Waals surface area contributed by atoms with Gasteiger partial charge < -0.3 is 10.4 Å². The number of pyridine rings is 1. The number of aryl methyl sites for hydroxylation is 1. The van der Waals surface area contributed by atoms with Crippen LogP contribution in [0.1, 0.15) is 11.6 Å². The highest BCUT2D eigenvalue weighted by Gasteiger charge is 2.30. The van der Waals surface area contributed by atoms with Crippen LogP contribution in [0.15, 0.2) is 35.8 Å². The van der Waals surface area contributed by atoms with E-state index in [-0.39, 0.29) is 5.71 Å². The van der Waals surface area contributed by atoms with Crippen molar-refractivity contribution < 1.29 is 9.47 Å². The second kappa shape index (κ2) is 4.72. The third kappa shape index (κ3) is 2.11. The minimum absolute atomic E-state index is 0.0243. The molecule has 0 saturated heterocycles. The van der Waals surface area contributed by atoms with Crippen LogP contribution in [0.25, 0.3) is 0 Å². The quantitative estimate of drug-likeness (QED) is 0.438. The van der Waals surface area contributed by atoms with Crippen molar-refractivity contribution in [2.75, 3.05) is 0 Å². The predicted molar refractivity (Wildman–Crippen MR) is 70.5 cm³/mol. The first kappa shape index (κ1) is 12.3. The average molecular weight is 272 g/mol. The summed E-state index contributed by atoms with van der Waals surface area (Å²) in [5, 5.41) is 26.4. The van der Waals surface area contributed by atoms with Gasteiger partial charge in [0.25, 0.3) is 0 Å². The van der Waals surface area contributed by atoms with Gasteiger partial charge in [-0.2, -0.15) is 15.0 Å². The van der Waals surface area contributed by atoms with Gasteiger partial charge in [0, 0.05) is 18.6 Å². The molecule has 0 fully saturated rings. The number of hydrogen-bond donors (Lipinski definition) is 0. The van der Waals surface area contributed by atoms with Gasteiger partial charge in [0.2, 0.25) is 11.7 Å². The zero-order valence-corrected chi connectivity index (χ0v) is 10.7. The summed E-state index contributed by atoms with van der Waals surface area (Å²) in [4.78, 5) is 7.50. The van der Waals surface area contributed by atoms with Crippen LogP contribution in [0.5, 0.6) is 0 Å². The maximum absolute atomic E-state index is 11.2. The van der Waals surface area contributed by atoms with Crippen molar-refractivity contribution in [2.24, 2.45) is 12.0 Å². The molecule has 20 heavy (non-hydrogen) atoms. The standard InChI is InChI=1S/C12H12N6O2/c1-16-4-2-9(3-5-16)6-10-11(18(19)20)7-13-12-14-8-15-17(10)12/h2-5,7-8,10H,6H2,1H3/t10-/m0/s1. The number of nitrogens with zero attached hydrogens (tertiary/aromatic N) is 6. The van der Waals surface area contributed by atoms with E-state index in [1.807, 2.05) is 36.1 Å². The fourth-order valence-electron chi connectivity index (χ4n) is 2.14. The molecule has 0 amide bonds. The Hall–Kier alpha value is -2.77. The molecule has 102 valence electrons. The third-order valence-corrected chi connectivity index (χ3v) is 3.19. The molecule has 0 saturated carbocycles. The average Bonchev–Trinajstić information content (AvgIpc) is 2.90. The highest BCUT2D eigenvalue weighted by Crippen LogP contribution is 2.23. The van der Waals surface area contributed by atoms with Gasteiger partial charge in [0.1, 0.15) is 25.6 Å². The van der Waals surface area contributed by atoms with Crippen LogP contribution >= 0.6 is 0 Å². The number of hydrogen-bond acceptors (Lipinski definition) is 5. The lowest BCUT2D eigenvalue weighted by Crippen LogP contribution is -2.32. The SMILES string of the molecule is C[n+]1ccc(C[C@H]2C(=[N+]([O-])[O-])C=Nc3ncnn32)cc1. The lowest BCUT2D eigenvalue weighted by molar-refractivity contribution is -0.671. The summed E-state index contributed by atoms with van der Waals surface area (Å²) in [5.41, 5.74) is 1.01. The Morgan fingerprint density at radius 3 is 2.80 bits per heavy atom. The summed E-state index contributed by atoms with van der Waals surface area (Å²) >= 11 is 0. The van der Waals surface area contributed by atoms with Gasteiger partial charge in [0.15, 0.2) is 12.4 Å². The van der Waals surface area contributed by atoms with Gasteiger partial charge in [-0.3, -0.25) is 0 Å². The number of fused-ring (bicyclic) bond motifs is 1. The van der Waals surface area contributed by atoms with Crippen molar-refractivity contribution >= 4 is 17.9 Å². The first-order valence-electron chi connectivity index (χ1n) is 6.04. The van der Waals surface area contributed by atoms with E-state index in [4.69, 9.17) is 0 Å². The maximum atomic E-state index is 11.2. The Morgan fingerprint density at radius 2 is 2.10 bits per heavy atom. The lowest BCUT2D eigenvalue weighted by atomic mass is 10.0. The highest BCUT2D eigenvalue weighted by atomic mass is 16.8. The van der Waals surface area contributed by atoms with Crippen LogP contribution in [0, 0.1) is 10.4 Å². The zero-order valence-electron chi connectivity index (χ0n) is 10.7. The highest BCUT2D eigenvalue weighted by molar-refractivity contribution is 6.31. The molecule has 1 aliphatic heterocycles. The Bertz CT molecular complexity index is 684. The Labute approximate surface area is 114 Å². The van der Waals surface area contributed by atoms with E-state index in [2.05, 4.69) is 15.1 Å². The van der Waals surface area contributed by atoms with Crippen LogP contribution in [0.4, 0.5) is 5.95 Å². The second-order valence-electron chi connectivity index (χ2n) is 4.54. The Balaban J connectivity index is 1.98. The van der Waals surface area contributed by atoms with Gasteiger partial charge >= 0.3 is 0 Å². The fourth-order valence-corrected chi connectivity index (χ4v) is 2.14. The summed E-state index contributed by atoms with van der Waals surface area (Å²) in [6.45, 7) is 0. The summed E-state index contributed by atoms with van der Waals surface area (Å²) < 4.78 is 3.40. The van der Waals surface area contributed by atoms with E-state index < -0.39 is 10.9 Å². The number of rotatable bonds is 2. The van der Waals surface area contributed by atoms with E-state index in [1.54, 1.807) is 0 Å². The summed E-state index contributed by atoms with van der Waals surface area (Å²) in [6.07, 6.45) is 6.89. The molecule has 8 heteroatoms. The molecule has 3 rings (SSSR count). The van der Waals surface area contributed by atoms with Crippen molar-refractivity contribution in [3.05, 3.63) is 46.8 Å². The molecule has 0 N–H and O–H groups in total. The normalized spacial score (nSPS) is 17.1. The predicted octanol–water partition coefficient (Wildman–Crippen LogP) is 0.0514. The largest absolute Gasteiger partial charge is 0.612 e. The van der Waals surface area contributed by atoms with Crippen molar-refractivity contribution in [3.8, 4) is 0 Å². The molecule has 0 spiro atoms. The number of aliphatic imine (C=N–C) groups is 1. The smallest absolute Gasteiger partial charge is 0.248 e. The molecule has 0 radical (unpaired) electrons. The van der Waals surface area contributed by atoms with Gasteiger partial charge in [-0.25, -0.2) is 14.2 Å². The van der Waals surface area contributed by atoms with Gasteiger partial charge in [-0.15, -0.1) is 0 Å². The first-order valence-corrected chi connectivity index (χ1v) is 6.04. The Kier molecular flexibility index (Phi) is 2.90. The van der Waals surface area contributed by atoms with E-state index in [1.165, 1.54) is 17.2 Å². The van der Waals surface area contributed by atoms with Crippen molar-refractivity contribution in [1.29, 1.82) is 0 Å². The molecule has 0 aromatic carbocycles. The third-order valence-electron chi connectivity index (χ3n) is 3.19. The van der Waals surface area contributed by atoms with Gasteiger partial charge in [0.05, 0.1) is 0 Å². The first-order chi connectivity index (χ1) is 9.65. The molecule has 8 nitrogen and oxygen atoms in total. The molecule has 1 aliphatic rings. The molecule has 2 aromatic heterocycles. The van der Waals surface area contributed by atoms with Crippen LogP contribution in [-0.4, -0.2) is 31.6 Å². The lowest BCUT2D eigenvalue weighted by Gasteiger charge is -2.21. The van der Waals surface area contributed by atoms with Gasteiger partial charge in [-0.05, 0) is 5.56 Å². The van der Waals surface area contributed by atoms with Crippen molar-refractivity contribution in [1.82, 2.24) is 14.8 Å². The van der Waals surface area contributed by atoms with Crippen molar-refractivity contribution in [3.63, 3.8) is 0 Å². The molecule has 1 atom stereocenters. The second-order valence-corrected chi connectivity index (χ2v) is 4.54. The Morgan fingerprint density at radius 1 is 1.35 bits per heavy atom. The molecular formula is C12H12N6O2. The summed E-state index contributed by atoms with van der Waals surface area (Å²) in [5.74, 6) is 0.391. The van der Waals surface area contributed by atoms with Crippen LogP contribution in [0.3, 0.4) is 0 Å². The minimum Gasteiger partial charge on any atom is -0.612 e. The maximum Gasteiger partial charge on any atom is 0.248 e. The van der Waals surface area contributed by atoms with Crippen LogP contribution in [-0.2, 0) is 13.5 Å². The molecule has 0 aliphatic carbocycles. The monoisotopic (exact) mass is 272 g/mol. The molecule has 0 unspecified atom stereocenters. The van der Waals surface area contributed by atoms with Crippen LogP contribution in [0.2, 0.25) is 0 Å². The van der Waals surface area contributed by atoms with E-state index >= 15 is 0 Å². The fraction of sp³-hybridized carbons (Fsp3) is 0.250. The topological polar surface area (TPSA) is 96.1 Å². The van der Waals surface area contributed by atoms with E-state index in [9.17, 15) is 10.4 Å². The van der Waals surface area contributed by atoms with Crippen molar-refractivity contribution in [2.45, 2.75) is 12.5 Å². The van der Waals surface area contributed by atoms with Crippen LogP contribution < -0.4 is 4.57 Å². The van der Waals surface area contributed by atoms with Gasteiger partial charge in [-0.1, -0.05) is 0 Å². The molecule has 0 bridgehead atoms. The summed E-state index contributed by atoms with van der Waals surface area (Å²) in [7, 11) is 1.92. The number of aromatic nitrogens is 4. The zero-order chi connectivity index (χ0) is 14.1. The summed E-state index contributed by atoms with van der Waals surface area (Å²) in [6, 6.07) is 3.37. The molecule has 3 heterocycles. The molecular weight excluding hydrogens is 260 g/mol. The van der Waals surface area contributed by atoms with E-state index in [0.29, 0.717) is 12.4 Å². The molecule has 2 aromatic rings.